The molecule has 0 radical (unpaired) electrons. The van der Waals surface area contributed by atoms with E-state index in [1.54, 1.807) is 26.0 Å². The fourth-order valence-corrected chi connectivity index (χ4v) is 1.38. The fraction of sp³-hybridized carbons (Fsp3) is 0.417. The monoisotopic (exact) mass is 224 g/mol. The zero-order valence-electron chi connectivity index (χ0n) is 9.69. The summed E-state index contributed by atoms with van der Waals surface area (Å²) in [5.74, 6) is -0.278. The van der Waals surface area contributed by atoms with Crippen LogP contribution in [0.25, 0.3) is 0 Å². The van der Waals surface area contributed by atoms with Crippen LogP contribution >= 0.6 is 0 Å². The Morgan fingerprint density at radius 2 is 2.19 bits per heavy atom. The lowest BCUT2D eigenvalue weighted by atomic mass is 10.0. The van der Waals surface area contributed by atoms with E-state index in [-0.39, 0.29) is 11.7 Å². The van der Waals surface area contributed by atoms with Gasteiger partial charge < -0.3 is 14.6 Å². The summed E-state index contributed by atoms with van der Waals surface area (Å²) in [6.07, 6.45) is 0. The number of phenols is 1. The van der Waals surface area contributed by atoms with Gasteiger partial charge in [-0.25, -0.2) is 0 Å². The highest BCUT2D eigenvalue weighted by molar-refractivity contribution is 5.78. The number of methoxy groups -OCH3 is 1. The highest BCUT2D eigenvalue weighted by Crippen LogP contribution is 2.29. The van der Waals surface area contributed by atoms with E-state index in [4.69, 9.17) is 9.47 Å². The third kappa shape index (κ3) is 2.66. The Morgan fingerprint density at radius 3 is 2.69 bits per heavy atom. The quantitative estimate of drug-likeness (QED) is 0.795. The van der Waals surface area contributed by atoms with Gasteiger partial charge in [-0.2, -0.15) is 0 Å². The molecule has 1 aromatic carbocycles. The van der Waals surface area contributed by atoms with Crippen molar-refractivity contribution in [2.24, 2.45) is 0 Å². The molecule has 0 aliphatic rings. The summed E-state index contributed by atoms with van der Waals surface area (Å²) < 4.78 is 9.82. The van der Waals surface area contributed by atoms with Crippen LogP contribution in [0.1, 0.15) is 25.3 Å². The summed E-state index contributed by atoms with van der Waals surface area (Å²) >= 11 is 0. The van der Waals surface area contributed by atoms with E-state index in [1.165, 1.54) is 13.2 Å². The Morgan fingerprint density at radius 1 is 1.50 bits per heavy atom. The van der Waals surface area contributed by atoms with Crippen LogP contribution in [0.5, 0.6) is 11.5 Å². The first-order valence-corrected chi connectivity index (χ1v) is 5.13. The average molecular weight is 224 g/mol. The van der Waals surface area contributed by atoms with Gasteiger partial charge in [-0.15, -0.1) is 0 Å². The predicted molar refractivity (Wildman–Crippen MR) is 59.7 cm³/mol. The number of ether oxygens (including phenoxy) is 2. The van der Waals surface area contributed by atoms with E-state index < -0.39 is 5.92 Å². The Kier molecular flexibility index (Phi) is 4.17. The minimum atomic E-state index is -0.392. The average Bonchev–Trinajstić information content (AvgIpc) is 2.28. The second-order valence-electron chi connectivity index (χ2n) is 3.41. The van der Waals surface area contributed by atoms with Crippen molar-refractivity contribution in [3.8, 4) is 11.5 Å². The minimum Gasteiger partial charge on any atom is -0.504 e. The van der Waals surface area contributed by atoms with Crippen LogP contribution in [0.4, 0.5) is 0 Å². The van der Waals surface area contributed by atoms with Crippen molar-refractivity contribution in [2.75, 3.05) is 13.7 Å². The van der Waals surface area contributed by atoms with Gasteiger partial charge in [0.15, 0.2) is 11.5 Å². The molecule has 0 aliphatic heterocycles. The summed E-state index contributed by atoms with van der Waals surface area (Å²) in [5, 5.41) is 9.57. The van der Waals surface area contributed by atoms with Crippen LogP contribution in [-0.2, 0) is 9.53 Å². The number of carbonyl (C=O) groups is 1. The van der Waals surface area contributed by atoms with Crippen molar-refractivity contribution >= 4 is 5.97 Å². The van der Waals surface area contributed by atoms with Gasteiger partial charge in [0.05, 0.1) is 19.6 Å². The first-order chi connectivity index (χ1) is 7.60. The van der Waals surface area contributed by atoms with Gasteiger partial charge in [-0.05, 0) is 31.5 Å². The lowest BCUT2D eigenvalue weighted by Crippen LogP contribution is -2.12. The maximum atomic E-state index is 11.5. The molecule has 0 aliphatic carbocycles. The van der Waals surface area contributed by atoms with E-state index in [0.29, 0.717) is 17.9 Å². The maximum Gasteiger partial charge on any atom is 0.313 e. The molecule has 1 aromatic rings. The molecule has 1 atom stereocenters. The summed E-state index contributed by atoms with van der Waals surface area (Å²) in [6.45, 7) is 3.85. The van der Waals surface area contributed by atoms with E-state index >= 15 is 0 Å². The largest absolute Gasteiger partial charge is 0.504 e. The van der Waals surface area contributed by atoms with Gasteiger partial charge in [-0.3, -0.25) is 4.79 Å². The SMILES string of the molecule is CCOC(=O)C(C)c1ccc(OC)c(O)c1. The number of benzene rings is 1. The summed E-state index contributed by atoms with van der Waals surface area (Å²) in [7, 11) is 1.48. The first-order valence-electron chi connectivity index (χ1n) is 5.13. The van der Waals surface area contributed by atoms with E-state index in [9.17, 15) is 9.90 Å². The van der Waals surface area contributed by atoms with Crippen LogP contribution in [0.2, 0.25) is 0 Å². The second-order valence-corrected chi connectivity index (χ2v) is 3.41. The number of esters is 1. The summed E-state index contributed by atoms with van der Waals surface area (Å²) in [5.41, 5.74) is 0.705. The molecule has 88 valence electrons. The number of hydrogen-bond donors (Lipinski definition) is 1. The molecule has 4 heteroatoms. The van der Waals surface area contributed by atoms with Gasteiger partial charge in [0.1, 0.15) is 0 Å². The van der Waals surface area contributed by atoms with Crippen molar-refractivity contribution in [1.82, 2.24) is 0 Å². The molecule has 0 fully saturated rings. The van der Waals surface area contributed by atoms with Crippen LogP contribution in [0.3, 0.4) is 0 Å². The van der Waals surface area contributed by atoms with Crippen LogP contribution in [-0.4, -0.2) is 24.8 Å². The molecule has 4 nitrogen and oxygen atoms in total. The lowest BCUT2D eigenvalue weighted by Gasteiger charge is -2.12. The summed E-state index contributed by atoms with van der Waals surface area (Å²) in [4.78, 5) is 11.5. The lowest BCUT2D eigenvalue weighted by molar-refractivity contribution is -0.144. The number of rotatable bonds is 4. The van der Waals surface area contributed by atoms with Crippen molar-refractivity contribution in [1.29, 1.82) is 0 Å². The molecule has 0 amide bonds. The van der Waals surface area contributed by atoms with Gasteiger partial charge >= 0.3 is 5.97 Å². The molecule has 0 heterocycles. The standard InChI is InChI=1S/C12H16O4/c1-4-16-12(14)8(2)9-5-6-11(15-3)10(13)7-9/h5-8,13H,4H2,1-3H3. The van der Waals surface area contributed by atoms with Gasteiger partial charge in [-0.1, -0.05) is 6.07 Å². The van der Waals surface area contributed by atoms with Gasteiger partial charge in [0.25, 0.3) is 0 Å². The molecule has 0 saturated heterocycles. The Bertz CT molecular complexity index is 373. The topological polar surface area (TPSA) is 55.8 Å². The molecule has 0 aromatic heterocycles. The molecule has 0 bridgehead atoms. The van der Waals surface area contributed by atoms with E-state index in [0.717, 1.165) is 0 Å². The Labute approximate surface area is 94.8 Å². The van der Waals surface area contributed by atoms with E-state index in [1.807, 2.05) is 0 Å². The molecule has 0 saturated carbocycles. The predicted octanol–water partition coefficient (Wildman–Crippen LogP) is 2.07. The van der Waals surface area contributed by atoms with Gasteiger partial charge in [0.2, 0.25) is 0 Å². The van der Waals surface area contributed by atoms with E-state index in [2.05, 4.69) is 0 Å². The number of hydrogen-bond acceptors (Lipinski definition) is 4. The van der Waals surface area contributed by atoms with Crippen molar-refractivity contribution in [3.05, 3.63) is 23.8 Å². The first kappa shape index (κ1) is 12.4. The molecule has 1 rings (SSSR count). The molecular weight excluding hydrogens is 208 g/mol. The normalized spacial score (nSPS) is 11.9. The number of aromatic hydroxyl groups is 1. The van der Waals surface area contributed by atoms with Crippen molar-refractivity contribution < 1.29 is 19.4 Å². The highest BCUT2D eigenvalue weighted by atomic mass is 16.5. The van der Waals surface area contributed by atoms with Crippen molar-refractivity contribution in [2.45, 2.75) is 19.8 Å². The molecule has 16 heavy (non-hydrogen) atoms. The minimum absolute atomic E-state index is 0.0242. The number of phenolic OH excluding ortho intramolecular Hbond substituents is 1. The Hall–Kier alpha value is -1.71. The fourth-order valence-electron chi connectivity index (χ4n) is 1.38. The van der Waals surface area contributed by atoms with Crippen LogP contribution in [0, 0.1) is 0 Å². The molecule has 1 N–H and O–H groups in total. The summed E-state index contributed by atoms with van der Waals surface area (Å²) in [6, 6.07) is 4.88. The third-order valence-corrected chi connectivity index (χ3v) is 2.34. The maximum absolute atomic E-state index is 11.5. The third-order valence-electron chi connectivity index (χ3n) is 2.34. The van der Waals surface area contributed by atoms with Crippen LogP contribution < -0.4 is 4.74 Å². The van der Waals surface area contributed by atoms with Crippen LogP contribution in [0.15, 0.2) is 18.2 Å². The smallest absolute Gasteiger partial charge is 0.313 e. The molecular formula is C12H16O4. The van der Waals surface area contributed by atoms with Crippen molar-refractivity contribution in [3.63, 3.8) is 0 Å². The zero-order valence-corrected chi connectivity index (χ0v) is 9.69. The number of carbonyl (C=O) groups excluding carboxylic acids is 1. The second kappa shape index (κ2) is 5.39. The molecule has 0 spiro atoms. The molecule has 1 unspecified atom stereocenters. The van der Waals surface area contributed by atoms with Gasteiger partial charge in [0, 0.05) is 0 Å². The Balaban J connectivity index is 2.88. The zero-order chi connectivity index (χ0) is 12.1. The highest BCUT2D eigenvalue weighted by Gasteiger charge is 2.17.